The Hall–Kier alpha value is -1.56. The number of halogens is 2. The molecule has 0 aliphatic heterocycles. The van der Waals surface area contributed by atoms with Crippen molar-refractivity contribution in [3.63, 3.8) is 0 Å². The zero-order valence-electron chi connectivity index (χ0n) is 11.7. The van der Waals surface area contributed by atoms with E-state index in [9.17, 15) is 13.6 Å². The fourth-order valence-corrected chi connectivity index (χ4v) is 2.42. The van der Waals surface area contributed by atoms with Gasteiger partial charge in [0, 0.05) is 0 Å². The average Bonchev–Trinajstić information content (AvgIpc) is 2.41. The summed E-state index contributed by atoms with van der Waals surface area (Å²) < 4.78 is 27.6. The number of rotatable bonds is 5. The molecule has 1 aromatic carbocycles. The molecule has 0 fully saturated rings. The smallest absolute Gasteiger partial charge is 0.237 e. The van der Waals surface area contributed by atoms with Gasteiger partial charge in [-0.2, -0.15) is 0 Å². The van der Waals surface area contributed by atoms with Crippen molar-refractivity contribution in [2.75, 3.05) is 5.32 Å². The van der Waals surface area contributed by atoms with Gasteiger partial charge in [-0.15, -0.1) is 0 Å². The van der Waals surface area contributed by atoms with Gasteiger partial charge < -0.3 is 11.1 Å². The molecular formula is C14H18F2N2OS. The van der Waals surface area contributed by atoms with E-state index in [0.717, 1.165) is 6.07 Å². The highest BCUT2D eigenvalue weighted by atomic mass is 32.1. The predicted octanol–water partition coefficient (Wildman–Crippen LogP) is 3.30. The van der Waals surface area contributed by atoms with E-state index in [2.05, 4.69) is 5.32 Å². The summed E-state index contributed by atoms with van der Waals surface area (Å²) in [5.74, 6) is -2.20. The van der Waals surface area contributed by atoms with Crippen LogP contribution in [-0.4, -0.2) is 10.9 Å². The summed E-state index contributed by atoms with van der Waals surface area (Å²) in [4.78, 5) is 12.4. The minimum atomic E-state index is -1.10. The lowest BCUT2D eigenvalue weighted by atomic mass is 9.81. The average molecular weight is 300 g/mol. The molecule has 0 saturated carbocycles. The van der Waals surface area contributed by atoms with Crippen molar-refractivity contribution in [2.45, 2.75) is 33.6 Å². The zero-order chi connectivity index (χ0) is 15.5. The van der Waals surface area contributed by atoms with Crippen LogP contribution in [0.3, 0.4) is 0 Å². The van der Waals surface area contributed by atoms with Crippen LogP contribution >= 0.6 is 12.2 Å². The number of thiocarbonyl (C=S) groups is 1. The minimum Gasteiger partial charge on any atom is -0.392 e. The Morgan fingerprint density at radius 1 is 1.35 bits per heavy atom. The van der Waals surface area contributed by atoms with Crippen molar-refractivity contribution in [3.8, 4) is 0 Å². The van der Waals surface area contributed by atoms with Crippen LogP contribution in [0.25, 0.3) is 0 Å². The Morgan fingerprint density at radius 3 is 2.35 bits per heavy atom. The first-order chi connectivity index (χ1) is 9.30. The van der Waals surface area contributed by atoms with E-state index in [0.29, 0.717) is 12.8 Å². The summed E-state index contributed by atoms with van der Waals surface area (Å²) in [7, 11) is 0. The summed E-state index contributed by atoms with van der Waals surface area (Å²) in [5, 5.41) is 2.29. The van der Waals surface area contributed by atoms with Gasteiger partial charge >= 0.3 is 0 Å². The van der Waals surface area contributed by atoms with Crippen LogP contribution in [0.2, 0.25) is 0 Å². The molecule has 1 rings (SSSR count). The Balaban J connectivity index is 3.19. The van der Waals surface area contributed by atoms with Gasteiger partial charge in [-0.25, -0.2) is 8.78 Å². The number of nitrogens with one attached hydrogen (secondary N) is 1. The highest BCUT2D eigenvalue weighted by Gasteiger charge is 2.38. The first-order valence-electron chi connectivity index (χ1n) is 6.36. The molecule has 0 aromatic heterocycles. The van der Waals surface area contributed by atoms with Crippen molar-refractivity contribution >= 4 is 28.8 Å². The number of nitrogens with two attached hydrogens (primary N) is 1. The van der Waals surface area contributed by atoms with Crippen LogP contribution in [0.1, 0.15) is 32.3 Å². The van der Waals surface area contributed by atoms with E-state index >= 15 is 0 Å². The molecule has 0 aliphatic carbocycles. The monoisotopic (exact) mass is 300 g/mol. The maximum Gasteiger partial charge on any atom is 0.237 e. The molecular weight excluding hydrogens is 282 g/mol. The molecule has 0 atom stereocenters. The molecule has 0 bridgehead atoms. The maximum atomic E-state index is 13.9. The van der Waals surface area contributed by atoms with Crippen molar-refractivity contribution in [1.29, 1.82) is 0 Å². The molecule has 0 radical (unpaired) electrons. The third kappa shape index (κ3) is 2.80. The Morgan fingerprint density at radius 2 is 1.90 bits per heavy atom. The molecule has 3 nitrogen and oxygen atoms in total. The van der Waals surface area contributed by atoms with Gasteiger partial charge in [-0.1, -0.05) is 32.1 Å². The second-order valence-corrected chi connectivity index (χ2v) is 5.10. The highest BCUT2D eigenvalue weighted by molar-refractivity contribution is 7.80. The van der Waals surface area contributed by atoms with Crippen molar-refractivity contribution in [2.24, 2.45) is 11.1 Å². The lowest BCUT2D eigenvalue weighted by molar-refractivity contribution is -0.122. The van der Waals surface area contributed by atoms with Crippen LogP contribution in [0.5, 0.6) is 0 Å². The van der Waals surface area contributed by atoms with Crippen molar-refractivity contribution in [1.82, 2.24) is 0 Å². The summed E-state index contributed by atoms with van der Waals surface area (Å²) in [5.41, 5.74) is 4.32. The molecule has 6 heteroatoms. The van der Waals surface area contributed by atoms with E-state index in [-0.39, 0.29) is 10.6 Å². The number of hydrogen-bond donors (Lipinski definition) is 2. The maximum absolute atomic E-state index is 13.9. The quantitative estimate of drug-likeness (QED) is 0.820. The summed E-state index contributed by atoms with van der Waals surface area (Å²) in [6.07, 6.45) is 0.722. The summed E-state index contributed by atoms with van der Waals surface area (Å²) in [6.45, 7) is 5.00. The number of carbonyl (C=O) groups excluding carboxylic acids is 1. The van der Waals surface area contributed by atoms with Crippen molar-refractivity contribution in [3.05, 3.63) is 29.3 Å². The fraction of sp³-hybridized carbons (Fsp3) is 0.429. The van der Waals surface area contributed by atoms with Gasteiger partial charge in [0.05, 0.1) is 10.4 Å². The van der Waals surface area contributed by atoms with E-state index in [1.807, 2.05) is 0 Å². The standard InChI is InChI=1S/C14H18F2N2OS/c1-4-14(5-2,12(17)20)13(19)18-11-9(15)7-6-8(3)10(11)16/h6-7H,4-5H2,1-3H3,(H2,17,20)(H,18,19). The number of carbonyl (C=O) groups is 1. The molecule has 0 unspecified atom stereocenters. The topological polar surface area (TPSA) is 55.1 Å². The van der Waals surface area contributed by atoms with Crippen LogP contribution in [0.4, 0.5) is 14.5 Å². The van der Waals surface area contributed by atoms with E-state index in [1.54, 1.807) is 13.8 Å². The van der Waals surface area contributed by atoms with Gasteiger partial charge in [0.25, 0.3) is 0 Å². The molecule has 3 N–H and O–H groups in total. The zero-order valence-corrected chi connectivity index (χ0v) is 12.5. The number of anilines is 1. The minimum absolute atomic E-state index is 0.0217. The van der Waals surface area contributed by atoms with Gasteiger partial charge in [0.2, 0.25) is 5.91 Å². The second kappa shape index (κ2) is 6.26. The normalized spacial score (nSPS) is 11.2. The third-order valence-corrected chi connectivity index (χ3v) is 4.03. The lowest BCUT2D eigenvalue weighted by Gasteiger charge is -2.29. The van der Waals surface area contributed by atoms with E-state index in [4.69, 9.17) is 18.0 Å². The molecule has 0 aliphatic rings. The van der Waals surface area contributed by atoms with Crippen molar-refractivity contribution < 1.29 is 13.6 Å². The third-order valence-electron chi connectivity index (χ3n) is 3.64. The van der Waals surface area contributed by atoms with Gasteiger partial charge in [-0.3, -0.25) is 4.79 Å². The summed E-state index contributed by atoms with van der Waals surface area (Å²) >= 11 is 4.94. The molecule has 1 amide bonds. The largest absolute Gasteiger partial charge is 0.392 e. The van der Waals surface area contributed by atoms with E-state index in [1.165, 1.54) is 13.0 Å². The summed E-state index contributed by atoms with van der Waals surface area (Å²) in [6, 6.07) is 2.41. The number of benzene rings is 1. The molecule has 0 heterocycles. The van der Waals surface area contributed by atoms with Gasteiger partial charge in [-0.05, 0) is 31.4 Å². The predicted molar refractivity (Wildman–Crippen MR) is 79.5 cm³/mol. The van der Waals surface area contributed by atoms with Crippen LogP contribution in [0.15, 0.2) is 12.1 Å². The van der Waals surface area contributed by atoms with Gasteiger partial charge in [0.15, 0.2) is 5.82 Å². The number of amides is 1. The number of aryl methyl sites for hydroxylation is 1. The molecule has 0 spiro atoms. The first kappa shape index (κ1) is 16.5. The Kier molecular flexibility index (Phi) is 5.16. The first-order valence-corrected chi connectivity index (χ1v) is 6.77. The second-order valence-electron chi connectivity index (χ2n) is 4.66. The molecule has 0 saturated heterocycles. The van der Waals surface area contributed by atoms with Crippen LogP contribution in [0, 0.1) is 24.0 Å². The number of hydrogen-bond acceptors (Lipinski definition) is 2. The Labute approximate surface area is 122 Å². The highest BCUT2D eigenvalue weighted by Crippen LogP contribution is 2.30. The SMILES string of the molecule is CCC(CC)(C(=O)Nc1c(F)ccc(C)c1F)C(N)=S. The lowest BCUT2D eigenvalue weighted by Crippen LogP contribution is -2.45. The van der Waals surface area contributed by atoms with Crippen LogP contribution in [-0.2, 0) is 4.79 Å². The molecule has 20 heavy (non-hydrogen) atoms. The Bertz CT molecular complexity index is 542. The molecule has 1 aromatic rings. The van der Waals surface area contributed by atoms with Crippen LogP contribution < -0.4 is 11.1 Å². The van der Waals surface area contributed by atoms with E-state index < -0.39 is 28.6 Å². The molecule has 110 valence electrons. The van der Waals surface area contributed by atoms with Gasteiger partial charge in [0.1, 0.15) is 11.5 Å². The fourth-order valence-electron chi connectivity index (χ4n) is 2.04.